The molecular weight excluding hydrogens is 612 g/mol. The second-order valence-corrected chi connectivity index (χ2v) is 14.0. The van der Waals surface area contributed by atoms with Crippen LogP contribution >= 0.6 is 18.2 Å². The van der Waals surface area contributed by atoms with Gasteiger partial charge in [-0.1, -0.05) is 18.2 Å². The number of anilines is 2. The third kappa shape index (κ3) is 5.10. The summed E-state index contributed by atoms with van der Waals surface area (Å²) in [6, 6.07) is 7.57. The fraction of sp³-hybridized carbons (Fsp3) is 0.520. The van der Waals surface area contributed by atoms with E-state index in [1.807, 2.05) is 0 Å². The normalized spacial score (nSPS) is 28.7. The van der Waals surface area contributed by atoms with Crippen LogP contribution in [0.15, 0.2) is 36.7 Å². The minimum atomic E-state index is -3.65. The second kappa shape index (κ2) is 11.1. The molecule has 42 heavy (non-hydrogen) atoms. The van der Waals surface area contributed by atoms with E-state index < -0.39 is 48.4 Å². The number of nitrogens with two attached hydrogens (primary N) is 1. The van der Waals surface area contributed by atoms with Gasteiger partial charge < -0.3 is 29.7 Å². The van der Waals surface area contributed by atoms with Gasteiger partial charge in [0.15, 0.2) is 35.0 Å². The standard InChI is InChI=1S/C25H32ClFN7O6PS/c1-13(2)37-21(35)14(3)32-41(42,39-15-9-7-6-8-10-15)40-22-24(11-26)25(22,36)17(27)20(38-24)34-12-29-16-18(33(4)5)30-23(28)31-19(16)34/h6-10,12-14,17,20,22,36H,11H2,1-5H3,(H,32,42)(H2,28,30,31)/t14-,17+,20-,22?,24-,25-,41?/m1/s1. The summed E-state index contributed by atoms with van der Waals surface area (Å²) in [6.07, 6.45) is -3.80. The van der Waals surface area contributed by atoms with Crippen molar-refractivity contribution in [2.24, 2.45) is 0 Å². The van der Waals surface area contributed by atoms with E-state index in [4.69, 9.17) is 47.7 Å². The lowest BCUT2D eigenvalue weighted by Crippen LogP contribution is -2.38. The predicted molar refractivity (Wildman–Crippen MR) is 158 cm³/mol. The van der Waals surface area contributed by atoms with Crippen LogP contribution < -0.4 is 20.2 Å². The van der Waals surface area contributed by atoms with Crippen LogP contribution in [0, 0.1) is 0 Å². The number of hydrogen-bond acceptors (Lipinski definition) is 12. The first-order valence-electron chi connectivity index (χ1n) is 13.0. The van der Waals surface area contributed by atoms with E-state index in [-0.39, 0.29) is 23.6 Å². The smallest absolute Gasteiger partial charge is 0.323 e. The number of carbonyl (C=O) groups is 1. The Hall–Kier alpha value is -2.65. The molecule has 1 aromatic carbocycles. The van der Waals surface area contributed by atoms with Crippen molar-refractivity contribution in [1.29, 1.82) is 0 Å². The lowest BCUT2D eigenvalue weighted by atomic mass is 10.1. The lowest BCUT2D eigenvalue weighted by molar-refractivity contribution is -0.149. The zero-order valence-electron chi connectivity index (χ0n) is 23.5. The van der Waals surface area contributed by atoms with Crippen LogP contribution in [0.2, 0.25) is 0 Å². The highest BCUT2D eigenvalue weighted by Crippen LogP contribution is 2.69. The SMILES string of the molecule is CC(C)OC(=O)[C@@H](C)NP(=S)(Oc1ccccc1)OC1[C@@]2(CCl)O[C@@H](n3cnc4c(N(C)C)nc(N)nc43)[C@H](F)[C@@]12O. The van der Waals surface area contributed by atoms with Crippen molar-refractivity contribution < 1.29 is 32.8 Å². The molecule has 0 bridgehead atoms. The largest absolute Gasteiger partial charge is 0.462 e. The molecule has 0 amide bonds. The van der Waals surface area contributed by atoms with E-state index in [1.54, 1.807) is 63.2 Å². The number of halogens is 2. The molecule has 1 aliphatic heterocycles. The van der Waals surface area contributed by atoms with E-state index in [2.05, 4.69) is 20.0 Å². The number of esters is 1. The average Bonchev–Trinajstić information content (AvgIpc) is 3.16. The van der Waals surface area contributed by atoms with Crippen LogP contribution in [0.3, 0.4) is 0 Å². The summed E-state index contributed by atoms with van der Waals surface area (Å²) < 4.78 is 41.2. The van der Waals surface area contributed by atoms with E-state index in [9.17, 15) is 9.90 Å². The van der Waals surface area contributed by atoms with Gasteiger partial charge in [-0.05, 0) is 44.7 Å². The summed E-state index contributed by atoms with van der Waals surface area (Å²) in [5, 5.41) is 14.6. The number of aliphatic hydroxyl groups is 1. The number of aromatic nitrogens is 4. The first kappa shape index (κ1) is 30.8. The molecule has 5 rings (SSSR count). The Labute approximate surface area is 251 Å². The molecular formula is C25H32ClFN7O6PS. The van der Waals surface area contributed by atoms with Gasteiger partial charge in [0.2, 0.25) is 5.95 Å². The minimum Gasteiger partial charge on any atom is -0.462 e. The lowest BCUT2D eigenvalue weighted by Gasteiger charge is -2.29. The van der Waals surface area contributed by atoms with E-state index >= 15 is 4.39 Å². The van der Waals surface area contributed by atoms with Crippen LogP contribution in [-0.4, -0.2) is 86.2 Å². The molecule has 1 saturated carbocycles. The number of nitrogen functional groups attached to an aromatic ring is 1. The van der Waals surface area contributed by atoms with E-state index in [0.29, 0.717) is 17.1 Å². The van der Waals surface area contributed by atoms with Gasteiger partial charge >= 0.3 is 12.6 Å². The van der Waals surface area contributed by atoms with E-state index in [0.717, 1.165) is 0 Å². The van der Waals surface area contributed by atoms with Crippen LogP contribution in [0.5, 0.6) is 5.75 Å². The third-order valence-corrected chi connectivity index (χ3v) is 9.84. The number of benzene rings is 1. The number of para-hydroxylation sites is 1. The average molecular weight is 644 g/mol. The zero-order chi connectivity index (χ0) is 30.6. The van der Waals surface area contributed by atoms with Crippen molar-refractivity contribution in [3.05, 3.63) is 36.7 Å². The Kier molecular flexibility index (Phi) is 8.16. The van der Waals surface area contributed by atoms with Gasteiger partial charge in [0, 0.05) is 14.1 Å². The van der Waals surface area contributed by atoms with Crippen LogP contribution in [-0.2, 0) is 30.6 Å². The molecule has 228 valence electrons. The van der Waals surface area contributed by atoms with Crippen molar-refractivity contribution in [2.75, 3.05) is 30.6 Å². The number of imidazole rings is 1. The van der Waals surface area contributed by atoms with Crippen LogP contribution in [0.4, 0.5) is 16.2 Å². The molecule has 1 saturated heterocycles. The molecule has 17 heteroatoms. The van der Waals surface area contributed by atoms with Gasteiger partial charge in [0.25, 0.3) is 0 Å². The Morgan fingerprint density at radius 1 is 1.33 bits per heavy atom. The Bertz CT molecular complexity index is 1530. The molecule has 2 aromatic heterocycles. The number of hydrogen-bond donors (Lipinski definition) is 3. The molecule has 0 spiro atoms. The van der Waals surface area contributed by atoms with Crippen LogP contribution in [0.1, 0.15) is 27.0 Å². The molecule has 4 N–H and O–H groups in total. The number of nitrogens with zero attached hydrogens (tertiary/aromatic N) is 5. The van der Waals surface area contributed by atoms with Crippen molar-refractivity contribution in [2.45, 2.75) is 62.6 Å². The number of carbonyl (C=O) groups excluding carboxylic acids is 1. The van der Waals surface area contributed by atoms with Gasteiger partial charge in [-0.25, -0.2) is 14.5 Å². The number of fused-ring (bicyclic) bond motifs is 2. The topological polar surface area (TPSA) is 159 Å². The molecule has 2 fully saturated rings. The Morgan fingerprint density at radius 2 is 2.02 bits per heavy atom. The molecule has 3 heterocycles. The van der Waals surface area contributed by atoms with Gasteiger partial charge in [0.1, 0.15) is 23.5 Å². The predicted octanol–water partition coefficient (Wildman–Crippen LogP) is 2.68. The van der Waals surface area contributed by atoms with Gasteiger partial charge in [-0.2, -0.15) is 9.97 Å². The highest BCUT2D eigenvalue weighted by molar-refractivity contribution is 8.09. The first-order valence-corrected chi connectivity index (χ1v) is 16.2. The molecule has 3 aromatic rings. The molecule has 13 nitrogen and oxygen atoms in total. The molecule has 2 aliphatic rings. The van der Waals surface area contributed by atoms with Gasteiger partial charge in [-0.3, -0.25) is 13.9 Å². The fourth-order valence-corrected chi connectivity index (χ4v) is 8.11. The number of alkyl halides is 2. The Balaban J connectivity index is 1.44. The van der Waals surface area contributed by atoms with E-state index in [1.165, 1.54) is 17.8 Å². The highest BCUT2D eigenvalue weighted by Gasteiger charge is 2.89. The summed E-state index contributed by atoms with van der Waals surface area (Å²) in [6.45, 7) is 1.30. The summed E-state index contributed by atoms with van der Waals surface area (Å²) >= 11 is 12.1. The van der Waals surface area contributed by atoms with Crippen molar-refractivity contribution in [3.63, 3.8) is 0 Å². The third-order valence-electron chi connectivity index (χ3n) is 7.01. The minimum absolute atomic E-state index is 0.0477. The summed E-state index contributed by atoms with van der Waals surface area (Å²) in [5.41, 5.74) is 2.56. The molecule has 7 atom stereocenters. The molecule has 1 aliphatic carbocycles. The summed E-state index contributed by atoms with van der Waals surface area (Å²) in [4.78, 5) is 27.0. The fourth-order valence-electron chi connectivity index (χ4n) is 4.96. The molecule has 0 radical (unpaired) electrons. The monoisotopic (exact) mass is 643 g/mol. The molecule has 2 unspecified atom stereocenters. The quantitative estimate of drug-likeness (QED) is 0.159. The van der Waals surface area contributed by atoms with Crippen molar-refractivity contribution >= 4 is 58.9 Å². The first-order chi connectivity index (χ1) is 19.8. The number of rotatable bonds is 11. The van der Waals surface area contributed by atoms with Gasteiger partial charge in [0.05, 0.1) is 18.3 Å². The maximum absolute atomic E-state index is 16.3. The van der Waals surface area contributed by atoms with Crippen molar-refractivity contribution in [3.8, 4) is 5.75 Å². The maximum Gasteiger partial charge on any atom is 0.323 e. The second-order valence-electron chi connectivity index (χ2n) is 10.6. The highest BCUT2D eigenvalue weighted by atomic mass is 35.5. The summed E-state index contributed by atoms with van der Waals surface area (Å²) in [5.74, 6) is -0.218. The Morgan fingerprint density at radius 3 is 2.62 bits per heavy atom. The maximum atomic E-state index is 16.3. The van der Waals surface area contributed by atoms with Crippen LogP contribution in [0.25, 0.3) is 11.2 Å². The summed E-state index contributed by atoms with van der Waals surface area (Å²) in [7, 11) is 3.51. The van der Waals surface area contributed by atoms with Gasteiger partial charge in [-0.15, -0.1) is 11.6 Å². The number of nitrogens with one attached hydrogen (secondary N) is 1. The zero-order valence-corrected chi connectivity index (χ0v) is 25.9. The van der Waals surface area contributed by atoms with Crippen molar-refractivity contribution in [1.82, 2.24) is 24.6 Å². The number of ether oxygens (including phenoxy) is 2.